The second-order valence-electron chi connectivity index (χ2n) is 11.6. The minimum absolute atomic E-state index is 0.290. The van der Waals surface area contributed by atoms with E-state index in [1.807, 2.05) is 52.0 Å². The van der Waals surface area contributed by atoms with Gasteiger partial charge in [0, 0.05) is 11.0 Å². The Bertz CT molecular complexity index is 1420. The topological polar surface area (TPSA) is 36.3 Å². The van der Waals surface area contributed by atoms with Crippen molar-refractivity contribution in [2.45, 2.75) is 78.4 Å². The number of para-hydroxylation sites is 1. The molecule has 1 fully saturated rings. The normalized spacial score (nSPS) is 16.9. The van der Waals surface area contributed by atoms with E-state index in [0.717, 1.165) is 22.6 Å². The quantitative estimate of drug-likeness (QED) is 0.270. The van der Waals surface area contributed by atoms with E-state index in [1.165, 1.54) is 17.2 Å². The second kappa shape index (κ2) is 9.11. The SMILES string of the molecule is CC(C)c1cccc(C(C)C)c1-n1c(-c2ccccc2)nc2c(B3OC(C)(C)C(C)(C)O3)c(F)ccc21. The number of benzene rings is 3. The summed E-state index contributed by atoms with van der Waals surface area (Å²) < 4.78 is 30.5. The third-order valence-corrected chi connectivity index (χ3v) is 7.90. The standard InChI is InChI=1S/C31H36BFN2O2/c1-19(2)22-15-12-16-23(20(3)4)28(22)35-25-18-17-24(33)26(32-36-30(5,6)31(7,8)37-32)27(25)34-29(35)21-13-10-9-11-14-21/h9-20H,1-8H3. The van der Waals surface area contributed by atoms with Crippen molar-refractivity contribution >= 4 is 23.6 Å². The Morgan fingerprint density at radius 1 is 0.784 bits per heavy atom. The van der Waals surface area contributed by atoms with E-state index in [0.29, 0.717) is 11.0 Å². The van der Waals surface area contributed by atoms with E-state index in [4.69, 9.17) is 14.3 Å². The molecule has 0 N–H and O–H groups in total. The average molecular weight is 498 g/mol. The summed E-state index contributed by atoms with van der Waals surface area (Å²) in [4.78, 5) is 5.12. The first-order valence-corrected chi connectivity index (χ1v) is 13.2. The summed E-state index contributed by atoms with van der Waals surface area (Å²) in [7, 11) is -0.856. The van der Waals surface area contributed by atoms with Crippen molar-refractivity contribution < 1.29 is 13.7 Å². The Kier molecular flexibility index (Phi) is 6.32. The van der Waals surface area contributed by atoms with Crippen LogP contribution < -0.4 is 5.46 Å². The number of hydrogen-bond acceptors (Lipinski definition) is 3. The van der Waals surface area contributed by atoms with E-state index < -0.39 is 18.3 Å². The van der Waals surface area contributed by atoms with Crippen molar-refractivity contribution in [2.24, 2.45) is 0 Å². The van der Waals surface area contributed by atoms with Gasteiger partial charge in [-0.15, -0.1) is 0 Å². The van der Waals surface area contributed by atoms with Gasteiger partial charge >= 0.3 is 7.12 Å². The smallest absolute Gasteiger partial charge is 0.399 e. The monoisotopic (exact) mass is 498 g/mol. The molecule has 37 heavy (non-hydrogen) atoms. The Morgan fingerprint density at radius 3 is 1.89 bits per heavy atom. The van der Waals surface area contributed by atoms with Gasteiger partial charge in [0.2, 0.25) is 0 Å². The predicted octanol–water partition coefficient (Wildman–Crippen LogP) is 7.38. The highest BCUT2D eigenvalue weighted by Crippen LogP contribution is 2.40. The van der Waals surface area contributed by atoms with E-state index in [1.54, 1.807) is 0 Å². The largest absolute Gasteiger partial charge is 0.500 e. The van der Waals surface area contributed by atoms with Crippen LogP contribution in [0.25, 0.3) is 28.1 Å². The summed E-state index contributed by atoms with van der Waals surface area (Å²) in [6.45, 7) is 16.7. The molecule has 1 aliphatic heterocycles. The zero-order valence-electron chi connectivity index (χ0n) is 23.1. The van der Waals surface area contributed by atoms with Crippen LogP contribution >= 0.6 is 0 Å². The van der Waals surface area contributed by atoms with Crippen LogP contribution in [0, 0.1) is 5.82 Å². The Balaban J connectivity index is 1.88. The van der Waals surface area contributed by atoms with Crippen LogP contribution in [0.5, 0.6) is 0 Å². The third kappa shape index (κ3) is 4.20. The van der Waals surface area contributed by atoms with Crippen molar-refractivity contribution in [2.75, 3.05) is 0 Å². The molecule has 0 saturated carbocycles. The molecule has 0 bridgehead atoms. The molecule has 6 heteroatoms. The first-order chi connectivity index (χ1) is 17.4. The number of hydrogen-bond donors (Lipinski definition) is 0. The average Bonchev–Trinajstić information content (AvgIpc) is 3.31. The van der Waals surface area contributed by atoms with Crippen LogP contribution in [0.1, 0.15) is 78.4 Å². The Morgan fingerprint density at radius 2 is 1.35 bits per heavy atom. The van der Waals surface area contributed by atoms with Gasteiger partial charge in [0.05, 0.1) is 27.9 Å². The van der Waals surface area contributed by atoms with Crippen molar-refractivity contribution in [3.63, 3.8) is 0 Å². The lowest BCUT2D eigenvalue weighted by Crippen LogP contribution is -2.41. The molecule has 0 spiro atoms. The third-order valence-electron chi connectivity index (χ3n) is 7.90. The molecule has 0 atom stereocenters. The molecular weight excluding hydrogens is 462 g/mol. The summed E-state index contributed by atoms with van der Waals surface area (Å²) in [5, 5.41) is 0. The van der Waals surface area contributed by atoms with Crippen molar-refractivity contribution in [3.05, 3.63) is 77.6 Å². The van der Waals surface area contributed by atoms with Gasteiger partial charge in [-0.2, -0.15) is 0 Å². The fraction of sp³-hybridized carbons (Fsp3) is 0.387. The summed E-state index contributed by atoms with van der Waals surface area (Å²) in [5.74, 6) is 0.973. The number of imidazole rings is 1. The molecule has 2 heterocycles. The minimum atomic E-state index is -0.856. The van der Waals surface area contributed by atoms with Gasteiger partial charge < -0.3 is 9.31 Å². The fourth-order valence-electron chi connectivity index (χ4n) is 5.10. The van der Waals surface area contributed by atoms with Crippen LogP contribution in [0.4, 0.5) is 4.39 Å². The highest BCUT2D eigenvalue weighted by molar-refractivity contribution is 6.65. The lowest BCUT2D eigenvalue weighted by molar-refractivity contribution is 0.00578. The van der Waals surface area contributed by atoms with E-state index in [2.05, 4.69) is 62.6 Å². The second-order valence-corrected chi connectivity index (χ2v) is 11.6. The highest BCUT2D eigenvalue weighted by Gasteiger charge is 2.53. The maximum absolute atomic E-state index is 15.6. The number of halogens is 1. The zero-order valence-corrected chi connectivity index (χ0v) is 23.1. The van der Waals surface area contributed by atoms with Crippen LogP contribution in [0.2, 0.25) is 0 Å². The van der Waals surface area contributed by atoms with Gasteiger partial charge in [-0.05, 0) is 62.8 Å². The molecule has 0 aliphatic carbocycles. The van der Waals surface area contributed by atoms with Gasteiger partial charge in [0.1, 0.15) is 11.6 Å². The molecule has 0 amide bonds. The molecule has 1 aromatic heterocycles. The summed E-state index contributed by atoms with van der Waals surface area (Å²) >= 11 is 0. The van der Waals surface area contributed by atoms with Crippen LogP contribution in [0.3, 0.4) is 0 Å². The van der Waals surface area contributed by atoms with Gasteiger partial charge in [-0.3, -0.25) is 4.57 Å². The lowest BCUT2D eigenvalue weighted by atomic mass is 9.77. The summed E-state index contributed by atoms with van der Waals surface area (Å²) in [6, 6.07) is 20.0. The van der Waals surface area contributed by atoms with Crippen LogP contribution in [-0.2, 0) is 9.31 Å². The molecule has 4 aromatic rings. The lowest BCUT2D eigenvalue weighted by Gasteiger charge is -2.32. The molecule has 1 aliphatic rings. The predicted molar refractivity (Wildman–Crippen MR) is 150 cm³/mol. The maximum atomic E-state index is 15.6. The molecular formula is C31H36BFN2O2. The highest BCUT2D eigenvalue weighted by atomic mass is 19.1. The fourth-order valence-corrected chi connectivity index (χ4v) is 5.10. The van der Waals surface area contributed by atoms with Gasteiger partial charge in [-0.25, -0.2) is 9.37 Å². The molecule has 3 aromatic carbocycles. The molecule has 0 radical (unpaired) electrons. The van der Waals surface area contributed by atoms with E-state index in [9.17, 15) is 0 Å². The van der Waals surface area contributed by atoms with Crippen molar-refractivity contribution in [3.8, 4) is 17.1 Å². The van der Waals surface area contributed by atoms with Crippen molar-refractivity contribution in [1.29, 1.82) is 0 Å². The van der Waals surface area contributed by atoms with Gasteiger partial charge in [-0.1, -0.05) is 76.2 Å². The van der Waals surface area contributed by atoms with E-state index >= 15 is 4.39 Å². The number of fused-ring (bicyclic) bond motifs is 1. The first-order valence-electron chi connectivity index (χ1n) is 13.2. The van der Waals surface area contributed by atoms with Crippen LogP contribution in [-0.4, -0.2) is 27.9 Å². The Labute approximate surface area is 220 Å². The Hall–Kier alpha value is -2.96. The number of nitrogens with zero attached hydrogens (tertiary/aromatic N) is 2. The number of rotatable bonds is 5. The summed E-state index contributed by atoms with van der Waals surface area (Å²) in [6.07, 6.45) is 0. The van der Waals surface area contributed by atoms with Crippen molar-refractivity contribution in [1.82, 2.24) is 9.55 Å². The van der Waals surface area contributed by atoms with E-state index in [-0.39, 0.29) is 17.7 Å². The zero-order chi connectivity index (χ0) is 26.7. The minimum Gasteiger partial charge on any atom is -0.399 e. The molecule has 1 saturated heterocycles. The van der Waals surface area contributed by atoms with Gasteiger partial charge in [0.15, 0.2) is 0 Å². The van der Waals surface area contributed by atoms with Crippen LogP contribution in [0.15, 0.2) is 60.7 Å². The summed E-state index contributed by atoms with van der Waals surface area (Å²) in [5.41, 5.74) is 5.09. The number of aromatic nitrogens is 2. The first kappa shape index (κ1) is 25.7. The molecule has 0 unspecified atom stereocenters. The van der Waals surface area contributed by atoms with Gasteiger partial charge in [0.25, 0.3) is 0 Å². The molecule has 5 rings (SSSR count). The molecule has 192 valence electrons. The maximum Gasteiger partial charge on any atom is 0.500 e. The molecule has 4 nitrogen and oxygen atoms in total.